The molecule has 0 spiro atoms. The highest BCUT2D eigenvalue weighted by Crippen LogP contribution is 2.35. The van der Waals surface area contributed by atoms with E-state index < -0.39 is 17.5 Å². The van der Waals surface area contributed by atoms with Crippen molar-refractivity contribution in [3.63, 3.8) is 0 Å². The van der Waals surface area contributed by atoms with Gasteiger partial charge in [0.15, 0.2) is 0 Å². The Bertz CT molecular complexity index is 1710. The van der Waals surface area contributed by atoms with Crippen LogP contribution in [0.15, 0.2) is 83.9 Å². The van der Waals surface area contributed by atoms with Crippen LogP contribution in [0, 0.1) is 11.6 Å². The first-order chi connectivity index (χ1) is 19.4. The van der Waals surface area contributed by atoms with E-state index in [1.165, 1.54) is 19.2 Å². The monoisotopic (exact) mass is 557 g/mol. The van der Waals surface area contributed by atoms with Crippen molar-refractivity contribution in [1.82, 2.24) is 9.97 Å². The SMILES string of the molecule is CCNc1nc2ccc(-c3cnc(OC)c(NSc4ccc(F)cc4F)c3)cc2cc1-c1ccc(C(N)=O)cc1. The van der Waals surface area contributed by atoms with E-state index >= 15 is 0 Å². The summed E-state index contributed by atoms with van der Waals surface area (Å²) >= 11 is 0.996. The summed E-state index contributed by atoms with van der Waals surface area (Å²) in [7, 11) is 1.50. The third-order valence-corrected chi connectivity index (χ3v) is 7.06. The van der Waals surface area contributed by atoms with Gasteiger partial charge in [-0.3, -0.25) is 4.79 Å². The number of fused-ring (bicyclic) bond motifs is 1. The average Bonchev–Trinajstić information content (AvgIpc) is 2.96. The summed E-state index contributed by atoms with van der Waals surface area (Å²) in [4.78, 5) is 21.0. The van der Waals surface area contributed by atoms with Gasteiger partial charge in [0.2, 0.25) is 11.8 Å². The second-order valence-corrected chi connectivity index (χ2v) is 9.67. The Hall–Kier alpha value is -4.70. The smallest absolute Gasteiger partial charge is 0.248 e. The molecule has 202 valence electrons. The zero-order valence-electron chi connectivity index (χ0n) is 21.7. The van der Waals surface area contributed by atoms with Gasteiger partial charge in [0.25, 0.3) is 0 Å². The van der Waals surface area contributed by atoms with Crippen LogP contribution in [0.3, 0.4) is 0 Å². The molecule has 0 saturated carbocycles. The Morgan fingerprint density at radius 2 is 1.75 bits per heavy atom. The van der Waals surface area contributed by atoms with Crippen LogP contribution >= 0.6 is 11.9 Å². The molecule has 0 saturated heterocycles. The molecule has 7 nitrogen and oxygen atoms in total. The Labute approximate surface area is 233 Å². The summed E-state index contributed by atoms with van der Waals surface area (Å²) < 4.78 is 35.9. The van der Waals surface area contributed by atoms with Gasteiger partial charge in [0.05, 0.1) is 17.5 Å². The lowest BCUT2D eigenvalue weighted by molar-refractivity contribution is 0.100. The molecule has 0 bridgehead atoms. The van der Waals surface area contributed by atoms with Crippen LogP contribution in [0.4, 0.5) is 20.3 Å². The van der Waals surface area contributed by atoms with Crippen molar-refractivity contribution in [2.75, 3.05) is 23.7 Å². The van der Waals surface area contributed by atoms with E-state index in [0.717, 1.165) is 57.0 Å². The van der Waals surface area contributed by atoms with Gasteiger partial charge >= 0.3 is 0 Å². The molecule has 5 rings (SSSR count). The highest BCUT2D eigenvalue weighted by Gasteiger charge is 2.13. The Morgan fingerprint density at radius 3 is 2.45 bits per heavy atom. The minimum Gasteiger partial charge on any atom is -0.480 e. The number of aromatic nitrogens is 2. The van der Waals surface area contributed by atoms with Crippen LogP contribution in [-0.4, -0.2) is 29.5 Å². The lowest BCUT2D eigenvalue weighted by atomic mass is 10.00. The number of halogens is 2. The first-order valence-electron chi connectivity index (χ1n) is 12.4. The fraction of sp³-hybridized carbons (Fsp3) is 0.100. The number of benzene rings is 3. The largest absolute Gasteiger partial charge is 0.480 e. The summed E-state index contributed by atoms with van der Waals surface area (Å²) in [6.45, 7) is 2.69. The molecule has 0 atom stereocenters. The molecule has 0 radical (unpaired) electrons. The van der Waals surface area contributed by atoms with E-state index in [9.17, 15) is 13.6 Å². The fourth-order valence-electron chi connectivity index (χ4n) is 4.21. The lowest BCUT2D eigenvalue weighted by Crippen LogP contribution is -2.10. The second kappa shape index (κ2) is 11.6. The van der Waals surface area contributed by atoms with Gasteiger partial charge in [-0.15, -0.1) is 0 Å². The second-order valence-electron chi connectivity index (χ2n) is 8.82. The predicted octanol–water partition coefficient (Wildman–Crippen LogP) is 6.90. The van der Waals surface area contributed by atoms with E-state index in [1.54, 1.807) is 18.3 Å². The summed E-state index contributed by atoms with van der Waals surface area (Å²) in [5.74, 6) is -0.727. The maximum atomic E-state index is 14.1. The van der Waals surface area contributed by atoms with Crippen molar-refractivity contribution in [3.05, 3.63) is 96.2 Å². The maximum Gasteiger partial charge on any atom is 0.248 e. The zero-order chi connectivity index (χ0) is 28.2. The van der Waals surface area contributed by atoms with Gasteiger partial charge in [-0.1, -0.05) is 18.2 Å². The van der Waals surface area contributed by atoms with Gasteiger partial charge in [-0.25, -0.2) is 18.7 Å². The Morgan fingerprint density at radius 1 is 0.975 bits per heavy atom. The van der Waals surface area contributed by atoms with Crippen molar-refractivity contribution in [2.45, 2.75) is 11.8 Å². The molecule has 2 heterocycles. The molecule has 1 amide bonds. The van der Waals surface area contributed by atoms with Crippen molar-refractivity contribution >= 4 is 40.3 Å². The number of pyridine rings is 2. The molecule has 0 aliphatic rings. The number of rotatable bonds is 9. The average molecular weight is 558 g/mol. The number of anilines is 2. The Balaban J connectivity index is 1.51. The summed E-state index contributed by atoms with van der Waals surface area (Å²) in [6.07, 6.45) is 1.69. The number of hydrogen-bond donors (Lipinski definition) is 3. The molecule has 0 aliphatic carbocycles. The van der Waals surface area contributed by atoms with Crippen LogP contribution in [0.5, 0.6) is 5.88 Å². The number of ether oxygens (including phenoxy) is 1. The van der Waals surface area contributed by atoms with Crippen LogP contribution in [0.25, 0.3) is 33.2 Å². The zero-order valence-corrected chi connectivity index (χ0v) is 22.5. The number of nitrogens with one attached hydrogen (secondary N) is 2. The van der Waals surface area contributed by atoms with Crippen molar-refractivity contribution in [3.8, 4) is 28.1 Å². The number of carbonyl (C=O) groups excluding carboxylic acids is 1. The van der Waals surface area contributed by atoms with Crippen molar-refractivity contribution in [2.24, 2.45) is 5.73 Å². The van der Waals surface area contributed by atoms with E-state index in [4.69, 9.17) is 15.5 Å². The molecule has 5 aromatic rings. The standard InChI is InChI=1S/C30H25F2N5O2S/c1-3-34-29-23(17-4-6-18(7-5-17)28(33)38)13-20-12-19(8-10-25(20)36-29)21-14-26(30(39-2)35-16-21)37-40-27-11-9-22(31)15-24(27)32/h4-16,37H,3H2,1-2H3,(H2,33,38)(H,34,36). The van der Waals surface area contributed by atoms with Crippen LogP contribution in [0.2, 0.25) is 0 Å². The van der Waals surface area contributed by atoms with E-state index in [2.05, 4.69) is 15.0 Å². The molecule has 40 heavy (non-hydrogen) atoms. The first-order valence-corrected chi connectivity index (χ1v) is 13.2. The summed E-state index contributed by atoms with van der Waals surface area (Å²) in [5, 5.41) is 4.22. The fourth-order valence-corrected chi connectivity index (χ4v) is 4.86. The van der Waals surface area contributed by atoms with Gasteiger partial charge < -0.3 is 20.5 Å². The van der Waals surface area contributed by atoms with Gasteiger partial charge in [0.1, 0.15) is 23.1 Å². The number of hydrogen-bond acceptors (Lipinski definition) is 7. The molecule has 3 aromatic carbocycles. The van der Waals surface area contributed by atoms with Crippen LogP contribution < -0.4 is 20.5 Å². The number of nitrogens with zero attached hydrogens (tertiary/aromatic N) is 2. The number of amides is 1. The van der Waals surface area contributed by atoms with Gasteiger partial charge in [-0.05, 0) is 78.5 Å². The van der Waals surface area contributed by atoms with Crippen LogP contribution in [0.1, 0.15) is 17.3 Å². The molecule has 4 N–H and O–H groups in total. The third kappa shape index (κ3) is 5.67. The maximum absolute atomic E-state index is 14.1. The van der Waals surface area contributed by atoms with Crippen LogP contribution in [-0.2, 0) is 0 Å². The van der Waals surface area contributed by atoms with Gasteiger partial charge in [0, 0.05) is 40.9 Å². The minimum atomic E-state index is -0.667. The third-order valence-electron chi connectivity index (χ3n) is 6.18. The van der Waals surface area contributed by atoms with E-state index in [1.807, 2.05) is 49.4 Å². The molecule has 0 aliphatic heterocycles. The van der Waals surface area contributed by atoms with Gasteiger partial charge in [-0.2, -0.15) is 0 Å². The topological polar surface area (TPSA) is 102 Å². The van der Waals surface area contributed by atoms with Crippen molar-refractivity contribution < 1.29 is 18.3 Å². The quantitative estimate of drug-likeness (QED) is 0.169. The highest BCUT2D eigenvalue weighted by atomic mass is 32.2. The number of methoxy groups -OCH3 is 1. The number of nitrogens with two attached hydrogens (primary N) is 1. The molecular weight excluding hydrogens is 532 g/mol. The lowest BCUT2D eigenvalue weighted by Gasteiger charge is -2.14. The molecule has 0 unspecified atom stereocenters. The first kappa shape index (κ1) is 26.9. The number of primary amides is 1. The van der Waals surface area contributed by atoms with E-state index in [-0.39, 0.29) is 4.90 Å². The molecule has 10 heteroatoms. The number of carbonyl (C=O) groups is 1. The minimum absolute atomic E-state index is 0.235. The molecule has 0 fully saturated rings. The normalized spacial score (nSPS) is 10.9. The van der Waals surface area contributed by atoms with Crippen molar-refractivity contribution in [1.29, 1.82) is 0 Å². The Kier molecular flexibility index (Phi) is 7.79. The molecular formula is C30H25F2N5O2S. The molecule has 2 aromatic heterocycles. The summed E-state index contributed by atoms with van der Waals surface area (Å²) in [6, 6.07) is 20.3. The van der Waals surface area contributed by atoms with E-state index in [0.29, 0.717) is 23.7 Å². The summed E-state index contributed by atoms with van der Waals surface area (Å²) in [5.41, 5.74) is 10.6. The predicted molar refractivity (Wildman–Crippen MR) is 155 cm³/mol. The highest BCUT2D eigenvalue weighted by molar-refractivity contribution is 8.00.